The molecule has 0 spiro atoms. The van der Waals surface area contributed by atoms with Crippen LogP contribution in [0, 0.1) is 5.92 Å². The number of nitrogens with zero attached hydrogens (tertiary/aromatic N) is 1. The van der Waals surface area contributed by atoms with Crippen LogP contribution in [0.5, 0.6) is 0 Å². The Labute approximate surface area is 162 Å². The zero-order chi connectivity index (χ0) is 19.1. The van der Waals surface area contributed by atoms with E-state index < -0.39 is 5.97 Å². The van der Waals surface area contributed by atoms with Gasteiger partial charge < -0.3 is 10.0 Å². The molecule has 0 bridgehead atoms. The lowest BCUT2D eigenvalue weighted by molar-refractivity contribution is -0.143. The van der Waals surface area contributed by atoms with Crippen LogP contribution in [-0.2, 0) is 11.2 Å². The van der Waals surface area contributed by atoms with Crippen molar-refractivity contribution in [3.05, 3.63) is 77.4 Å². The molecule has 3 heteroatoms. The Morgan fingerprint density at radius 3 is 2.63 bits per heavy atom. The second kappa shape index (κ2) is 9.52. The summed E-state index contributed by atoms with van der Waals surface area (Å²) in [5.41, 5.74) is 5.17. The van der Waals surface area contributed by atoms with Crippen LogP contribution in [0.15, 0.2) is 60.7 Å². The molecule has 1 fully saturated rings. The minimum absolute atomic E-state index is 0.211. The highest BCUT2D eigenvalue weighted by Crippen LogP contribution is 2.27. The molecular weight excluding hydrogens is 334 g/mol. The summed E-state index contributed by atoms with van der Waals surface area (Å²) < 4.78 is 0. The number of carboxylic acids is 1. The smallest absolute Gasteiger partial charge is 0.307 e. The first kappa shape index (κ1) is 19.4. The summed E-state index contributed by atoms with van der Waals surface area (Å²) in [6.07, 6.45) is 6.04. The van der Waals surface area contributed by atoms with Crippen molar-refractivity contribution in [1.29, 1.82) is 0 Å². The Bertz CT molecular complexity index is 782. The van der Waals surface area contributed by atoms with Gasteiger partial charge in [-0.3, -0.25) is 4.79 Å². The highest BCUT2D eigenvalue weighted by atomic mass is 16.4. The number of piperidine rings is 1. The SMILES string of the molecule is CCc1ccccc1/C(=C/CCN1CCC[C@@H](C(=O)O)C1)c1ccccc1. The van der Waals surface area contributed by atoms with Gasteiger partial charge in [0.15, 0.2) is 0 Å². The molecule has 3 nitrogen and oxygen atoms in total. The van der Waals surface area contributed by atoms with Crippen molar-refractivity contribution < 1.29 is 9.90 Å². The molecule has 3 rings (SSSR count). The van der Waals surface area contributed by atoms with Crippen molar-refractivity contribution in [3.63, 3.8) is 0 Å². The van der Waals surface area contributed by atoms with E-state index in [9.17, 15) is 9.90 Å². The van der Waals surface area contributed by atoms with Gasteiger partial charge in [-0.15, -0.1) is 0 Å². The maximum atomic E-state index is 11.3. The zero-order valence-electron chi connectivity index (χ0n) is 16.1. The molecule has 1 heterocycles. The van der Waals surface area contributed by atoms with Crippen LogP contribution in [0.2, 0.25) is 0 Å². The summed E-state index contributed by atoms with van der Waals surface area (Å²) in [5, 5.41) is 9.29. The number of aryl methyl sites for hydroxylation is 1. The highest BCUT2D eigenvalue weighted by molar-refractivity contribution is 5.81. The van der Waals surface area contributed by atoms with E-state index in [2.05, 4.69) is 66.4 Å². The van der Waals surface area contributed by atoms with Gasteiger partial charge >= 0.3 is 5.97 Å². The van der Waals surface area contributed by atoms with Crippen LogP contribution < -0.4 is 0 Å². The van der Waals surface area contributed by atoms with Gasteiger partial charge in [0.2, 0.25) is 0 Å². The van der Waals surface area contributed by atoms with Crippen LogP contribution in [0.1, 0.15) is 42.9 Å². The first-order valence-corrected chi connectivity index (χ1v) is 9.98. The molecular formula is C24H29NO2. The third-order valence-corrected chi connectivity index (χ3v) is 5.42. The van der Waals surface area contributed by atoms with Crippen molar-refractivity contribution in [3.8, 4) is 0 Å². The Morgan fingerprint density at radius 2 is 1.89 bits per heavy atom. The summed E-state index contributed by atoms with van der Waals surface area (Å²) in [7, 11) is 0. The number of rotatable bonds is 7. The molecule has 1 aliphatic rings. The molecule has 0 aliphatic carbocycles. The second-order valence-electron chi connectivity index (χ2n) is 7.26. The Hall–Kier alpha value is -2.39. The van der Waals surface area contributed by atoms with E-state index in [1.54, 1.807) is 0 Å². The monoisotopic (exact) mass is 363 g/mol. The fraction of sp³-hybridized carbons (Fsp3) is 0.375. The predicted molar refractivity (Wildman–Crippen MR) is 111 cm³/mol. The molecule has 142 valence electrons. The highest BCUT2D eigenvalue weighted by Gasteiger charge is 2.24. The Balaban J connectivity index is 1.78. The largest absolute Gasteiger partial charge is 0.481 e. The number of hydrogen-bond donors (Lipinski definition) is 1. The first-order valence-electron chi connectivity index (χ1n) is 9.98. The van der Waals surface area contributed by atoms with Crippen LogP contribution in [0.25, 0.3) is 5.57 Å². The van der Waals surface area contributed by atoms with Gasteiger partial charge in [0.25, 0.3) is 0 Å². The molecule has 1 saturated heterocycles. The first-order chi connectivity index (χ1) is 13.2. The average molecular weight is 364 g/mol. The van der Waals surface area contributed by atoms with Crippen LogP contribution >= 0.6 is 0 Å². The maximum Gasteiger partial charge on any atom is 0.307 e. The molecule has 0 amide bonds. The molecule has 2 aromatic rings. The summed E-state index contributed by atoms with van der Waals surface area (Å²) in [6.45, 7) is 4.79. The van der Waals surface area contributed by atoms with E-state index >= 15 is 0 Å². The van der Waals surface area contributed by atoms with Gasteiger partial charge in [0.05, 0.1) is 5.92 Å². The number of carboxylic acid groups (broad SMARTS) is 1. The lowest BCUT2D eigenvalue weighted by atomic mass is 9.92. The third kappa shape index (κ3) is 5.08. The maximum absolute atomic E-state index is 11.3. The number of benzene rings is 2. The lowest BCUT2D eigenvalue weighted by Gasteiger charge is -2.30. The van der Waals surface area contributed by atoms with Crippen molar-refractivity contribution in [2.75, 3.05) is 19.6 Å². The molecule has 0 unspecified atom stereocenters. The van der Waals surface area contributed by atoms with E-state index in [1.165, 1.54) is 22.3 Å². The molecule has 0 radical (unpaired) electrons. The molecule has 1 N–H and O–H groups in total. The average Bonchev–Trinajstić information content (AvgIpc) is 2.72. The van der Waals surface area contributed by atoms with Crippen molar-refractivity contribution in [2.24, 2.45) is 5.92 Å². The van der Waals surface area contributed by atoms with E-state index in [1.807, 2.05) is 6.07 Å². The number of carbonyl (C=O) groups is 1. The van der Waals surface area contributed by atoms with Crippen molar-refractivity contribution >= 4 is 11.5 Å². The standard InChI is InChI=1S/C24H29NO2/c1-2-19-10-6-7-14-22(19)23(20-11-4-3-5-12-20)15-9-17-25-16-8-13-21(18-25)24(26)27/h3-7,10-12,14-15,21H,2,8-9,13,16-18H2,1H3,(H,26,27)/b23-15+/t21-/m1/s1. The number of hydrogen-bond acceptors (Lipinski definition) is 2. The molecule has 0 aromatic heterocycles. The predicted octanol–water partition coefficient (Wildman–Crippen LogP) is 4.87. The van der Waals surface area contributed by atoms with Crippen LogP contribution in [0.4, 0.5) is 0 Å². The fourth-order valence-electron chi connectivity index (χ4n) is 3.94. The summed E-state index contributed by atoms with van der Waals surface area (Å²) in [6, 6.07) is 19.2. The molecule has 1 aliphatic heterocycles. The number of aliphatic carboxylic acids is 1. The van der Waals surface area contributed by atoms with Gasteiger partial charge in [-0.1, -0.05) is 67.6 Å². The minimum atomic E-state index is -0.655. The molecule has 0 saturated carbocycles. The van der Waals surface area contributed by atoms with Gasteiger partial charge in [0, 0.05) is 13.1 Å². The quantitative estimate of drug-likeness (QED) is 0.763. The van der Waals surface area contributed by atoms with Crippen molar-refractivity contribution in [2.45, 2.75) is 32.6 Å². The molecule has 27 heavy (non-hydrogen) atoms. The van der Waals surface area contributed by atoms with E-state index in [4.69, 9.17) is 0 Å². The lowest BCUT2D eigenvalue weighted by Crippen LogP contribution is -2.39. The van der Waals surface area contributed by atoms with Gasteiger partial charge in [0.1, 0.15) is 0 Å². The zero-order valence-corrected chi connectivity index (χ0v) is 16.1. The van der Waals surface area contributed by atoms with E-state index in [0.717, 1.165) is 38.8 Å². The van der Waals surface area contributed by atoms with E-state index in [0.29, 0.717) is 6.54 Å². The van der Waals surface area contributed by atoms with Gasteiger partial charge in [-0.2, -0.15) is 0 Å². The third-order valence-electron chi connectivity index (χ3n) is 5.42. The van der Waals surface area contributed by atoms with Gasteiger partial charge in [-0.25, -0.2) is 0 Å². The number of likely N-dealkylation sites (tertiary alicyclic amines) is 1. The summed E-state index contributed by atoms with van der Waals surface area (Å²) in [5.74, 6) is -0.866. The normalized spacial score (nSPS) is 18.4. The summed E-state index contributed by atoms with van der Waals surface area (Å²) >= 11 is 0. The fourth-order valence-corrected chi connectivity index (χ4v) is 3.94. The summed E-state index contributed by atoms with van der Waals surface area (Å²) in [4.78, 5) is 13.6. The van der Waals surface area contributed by atoms with Crippen molar-refractivity contribution in [1.82, 2.24) is 4.90 Å². The molecule has 2 aromatic carbocycles. The minimum Gasteiger partial charge on any atom is -0.481 e. The topological polar surface area (TPSA) is 40.5 Å². The second-order valence-corrected chi connectivity index (χ2v) is 7.26. The molecule has 1 atom stereocenters. The van der Waals surface area contributed by atoms with Crippen LogP contribution in [0.3, 0.4) is 0 Å². The van der Waals surface area contributed by atoms with E-state index in [-0.39, 0.29) is 5.92 Å². The van der Waals surface area contributed by atoms with Gasteiger partial charge in [-0.05, 0) is 54.5 Å². The Morgan fingerprint density at radius 1 is 1.15 bits per heavy atom. The van der Waals surface area contributed by atoms with Crippen LogP contribution in [-0.4, -0.2) is 35.6 Å². The Kier molecular flexibility index (Phi) is 6.83.